The summed E-state index contributed by atoms with van der Waals surface area (Å²) in [6.45, 7) is 15.4. The average Bonchev–Trinajstić information content (AvgIpc) is 4.16. The molecular formula is C52H59FN14O5. The van der Waals surface area contributed by atoms with E-state index < -0.39 is 6.67 Å². The standard InChI is InChI=1S/C25H26FN7O2.C25H27N7O3.C2H6/c1-12-22(13(2)35-32-12)17-9-19-16(10-20(17)34-4)23-24(29-19)27-14(3)28-25(23)30-21-11-18(15-5-6-15)31-33(21)8-7-26;1-12-22(13(2)35-31-12)17-9-19-16(10-20(17)34-4)23-24(28-19)26-14(3)27-25(23)29-21-11-18(15-5-6-15)30-32(21)7-8-33;1-2/h9-11,15H,5-8H2,1-4H3,(H2,27,28,29,30);9-11,15,33H,5-8H2,1-4H3,(H2,26,27,28,29);1-2H3. The Morgan fingerprint density at radius 2 is 1.07 bits per heavy atom. The van der Waals surface area contributed by atoms with E-state index in [0.29, 0.717) is 58.8 Å². The molecule has 0 radical (unpaired) electrons. The SMILES string of the molecule is CC.COc1cc2c(cc1-c1c(C)noc1C)[nH]c1nc(C)nc(Nc3cc(C4CC4)nn3CCF)c12.COc1cc2c(cc1-c1c(C)noc1C)[nH]c1nc(C)nc(Nc3cc(C4CC4)nn3CCO)c12. The number of rotatable bonds is 14. The molecule has 2 saturated carbocycles. The molecule has 5 N–H and O–H groups in total. The summed E-state index contributed by atoms with van der Waals surface area (Å²) >= 11 is 0. The lowest BCUT2D eigenvalue weighted by molar-refractivity contribution is 0.270. The largest absolute Gasteiger partial charge is 0.496 e. The van der Waals surface area contributed by atoms with Crippen LogP contribution in [0.3, 0.4) is 0 Å². The zero-order valence-corrected chi connectivity index (χ0v) is 42.2. The van der Waals surface area contributed by atoms with E-state index in [0.717, 1.165) is 132 Å². The van der Waals surface area contributed by atoms with E-state index in [4.69, 9.17) is 33.6 Å². The molecule has 0 saturated heterocycles. The molecule has 8 aromatic heterocycles. The number of nitrogens with one attached hydrogen (secondary N) is 4. The lowest BCUT2D eigenvalue weighted by Crippen LogP contribution is -2.09. The Balaban J connectivity index is 0.000000160. The normalized spacial score (nSPS) is 13.4. The highest BCUT2D eigenvalue weighted by atomic mass is 19.1. The number of hydrogen-bond acceptors (Lipinski definition) is 15. The molecule has 0 aliphatic heterocycles. The molecule has 2 aliphatic rings. The highest BCUT2D eigenvalue weighted by Gasteiger charge is 2.30. The molecule has 2 aliphatic carbocycles. The molecule has 20 heteroatoms. The van der Waals surface area contributed by atoms with Gasteiger partial charge in [-0.3, -0.25) is 0 Å². The molecule has 0 unspecified atom stereocenters. The van der Waals surface area contributed by atoms with Crippen molar-refractivity contribution in [2.24, 2.45) is 0 Å². The fourth-order valence-corrected chi connectivity index (χ4v) is 9.51. The van der Waals surface area contributed by atoms with Crippen LogP contribution < -0.4 is 20.1 Å². The summed E-state index contributed by atoms with van der Waals surface area (Å²) in [6.07, 6.45) is 4.56. The van der Waals surface area contributed by atoms with Crippen LogP contribution in [0.25, 0.3) is 66.1 Å². The van der Waals surface area contributed by atoms with Gasteiger partial charge in [-0.15, -0.1) is 0 Å². The lowest BCUT2D eigenvalue weighted by Gasteiger charge is -2.11. The third-order valence-electron chi connectivity index (χ3n) is 13.1. The van der Waals surface area contributed by atoms with Gasteiger partial charge < -0.3 is 44.2 Å². The third kappa shape index (κ3) is 8.83. The number of alkyl halides is 1. The first-order valence-corrected chi connectivity index (χ1v) is 24.4. The molecule has 2 aromatic carbocycles. The van der Waals surface area contributed by atoms with Gasteiger partial charge in [-0.2, -0.15) is 10.2 Å². The maximum Gasteiger partial charge on any atom is 0.145 e. The number of ether oxygens (including phenoxy) is 2. The van der Waals surface area contributed by atoms with E-state index in [2.05, 4.69) is 52.0 Å². The van der Waals surface area contributed by atoms with Gasteiger partial charge in [0.25, 0.3) is 0 Å². The fraction of sp³-hybridized carbons (Fsp3) is 0.385. The van der Waals surface area contributed by atoms with Crippen LogP contribution in [-0.4, -0.2) is 92.4 Å². The minimum Gasteiger partial charge on any atom is -0.496 e. The van der Waals surface area contributed by atoms with Crippen LogP contribution in [0.15, 0.2) is 45.4 Å². The predicted octanol–water partition coefficient (Wildman–Crippen LogP) is 11.0. The molecule has 10 aromatic rings. The maximum atomic E-state index is 13.2. The summed E-state index contributed by atoms with van der Waals surface area (Å²) in [6, 6.07) is 12.1. The van der Waals surface area contributed by atoms with Crippen LogP contribution in [0.4, 0.5) is 27.7 Å². The second-order valence-electron chi connectivity index (χ2n) is 18.1. The van der Waals surface area contributed by atoms with E-state index in [-0.39, 0.29) is 13.2 Å². The number of fused-ring (bicyclic) bond motifs is 6. The van der Waals surface area contributed by atoms with Gasteiger partial charge in [-0.05, 0) is 91.5 Å². The number of nitrogens with zero attached hydrogens (tertiary/aromatic N) is 10. The number of halogens is 1. The number of aliphatic hydroxyl groups excluding tert-OH is 1. The molecule has 0 bridgehead atoms. The summed E-state index contributed by atoms with van der Waals surface area (Å²) in [7, 11) is 3.30. The topological polar surface area (TPSA) is 234 Å². The van der Waals surface area contributed by atoms with Gasteiger partial charge in [0.05, 0.1) is 78.6 Å². The number of aromatic nitrogens is 12. The molecule has 8 heterocycles. The first-order valence-electron chi connectivity index (χ1n) is 24.4. The van der Waals surface area contributed by atoms with E-state index >= 15 is 0 Å². The Bertz CT molecular complexity index is 3350. The van der Waals surface area contributed by atoms with Crippen molar-refractivity contribution < 1.29 is 28.0 Å². The maximum absolute atomic E-state index is 13.2. The number of benzene rings is 2. The van der Waals surface area contributed by atoms with Gasteiger partial charge in [-0.25, -0.2) is 33.7 Å². The molecule has 0 spiro atoms. The van der Waals surface area contributed by atoms with Crippen LogP contribution in [0.5, 0.6) is 11.5 Å². The molecule has 0 atom stereocenters. The number of anilines is 4. The van der Waals surface area contributed by atoms with Crippen LogP contribution in [-0.2, 0) is 13.1 Å². The monoisotopic (exact) mass is 978 g/mol. The van der Waals surface area contributed by atoms with E-state index in [1.807, 2.05) is 90.4 Å². The Kier molecular flexibility index (Phi) is 12.9. The highest BCUT2D eigenvalue weighted by molar-refractivity contribution is 6.14. The molecule has 374 valence electrons. The molecular weight excluding hydrogens is 920 g/mol. The van der Waals surface area contributed by atoms with Gasteiger partial charge in [0.1, 0.15) is 75.9 Å². The van der Waals surface area contributed by atoms with Gasteiger partial charge in [0.2, 0.25) is 0 Å². The number of aryl methyl sites for hydroxylation is 7. The molecule has 2 fully saturated rings. The molecule has 12 rings (SSSR count). The number of H-pyrrole nitrogens is 2. The summed E-state index contributed by atoms with van der Waals surface area (Å²) in [5.41, 5.74) is 10.5. The zero-order valence-electron chi connectivity index (χ0n) is 42.2. The predicted molar refractivity (Wildman–Crippen MR) is 275 cm³/mol. The Morgan fingerprint density at radius 1 is 0.639 bits per heavy atom. The number of aliphatic hydroxyl groups is 1. The van der Waals surface area contributed by atoms with Crippen molar-refractivity contribution in [1.82, 2.24) is 59.8 Å². The third-order valence-corrected chi connectivity index (χ3v) is 13.1. The van der Waals surface area contributed by atoms with Gasteiger partial charge in [0.15, 0.2) is 0 Å². The summed E-state index contributed by atoms with van der Waals surface area (Å²) < 4.78 is 39.1. The lowest BCUT2D eigenvalue weighted by atomic mass is 10.0. The summed E-state index contributed by atoms with van der Waals surface area (Å²) in [5, 5.41) is 37.5. The smallest absolute Gasteiger partial charge is 0.145 e. The van der Waals surface area contributed by atoms with E-state index in [9.17, 15) is 9.50 Å². The zero-order chi connectivity index (χ0) is 50.5. The molecule has 72 heavy (non-hydrogen) atoms. The van der Waals surface area contributed by atoms with Crippen molar-refractivity contribution in [2.75, 3.05) is 38.1 Å². The van der Waals surface area contributed by atoms with Crippen molar-refractivity contribution in [3.8, 4) is 33.8 Å². The minimum atomic E-state index is -0.493. The van der Waals surface area contributed by atoms with Crippen LogP contribution in [0.2, 0.25) is 0 Å². The first-order chi connectivity index (χ1) is 34.9. The summed E-state index contributed by atoms with van der Waals surface area (Å²) in [4.78, 5) is 25.6. The van der Waals surface area contributed by atoms with Crippen molar-refractivity contribution >= 4 is 67.1 Å². The molecule has 19 nitrogen and oxygen atoms in total. The van der Waals surface area contributed by atoms with Gasteiger partial charge >= 0.3 is 0 Å². The van der Waals surface area contributed by atoms with Crippen molar-refractivity contribution in [3.63, 3.8) is 0 Å². The average molecular weight is 979 g/mol. The number of aromatic amines is 2. The Labute approximate surface area is 413 Å². The number of methoxy groups -OCH3 is 2. The number of hydrogen-bond donors (Lipinski definition) is 5. The van der Waals surface area contributed by atoms with E-state index in [1.165, 1.54) is 0 Å². The van der Waals surface area contributed by atoms with Gasteiger partial charge in [-0.1, -0.05) is 24.2 Å². The van der Waals surface area contributed by atoms with E-state index in [1.54, 1.807) is 18.9 Å². The minimum absolute atomic E-state index is 0.00738. The second kappa shape index (κ2) is 19.4. The van der Waals surface area contributed by atoms with Crippen LogP contribution >= 0.6 is 0 Å². The second-order valence-corrected chi connectivity index (χ2v) is 18.1. The molecule has 0 amide bonds. The fourth-order valence-electron chi connectivity index (χ4n) is 9.51. The Morgan fingerprint density at radius 3 is 1.43 bits per heavy atom. The van der Waals surface area contributed by atoms with Gasteiger partial charge in [0, 0.05) is 56.9 Å². The van der Waals surface area contributed by atoms with Crippen LogP contribution in [0.1, 0.15) is 97.3 Å². The summed E-state index contributed by atoms with van der Waals surface area (Å²) in [5.74, 6) is 7.90. The quantitative estimate of drug-likeness (QED) is 0.0682. The van der Waals surface area contributed by atoms with Crippen LogP contribution in [0, 0.1) is 41.5 Å². The van der Waals surface area contributed by atoms with Crippen molar-refractivity contribution in [1.29, 1.82) is 0 Å². The van der Waals surface area contributed by atoms with Crippen molar-refractivity contribution in [2.45, 2.75) is 106 Å². The first kappa shape index (κ1) is 47.8. The Hall–Kier alpha value is -7.87. The van der Waals surface area contributed by atoms with Crippen molar-refractivity contribution in [3.05, 3.63) is 82.3 Å². The highest BCUT2D eigenvalue weighted by Crippen LogP contribution is 2.45.